The molecule has 0 aliphatic carbocycles. The molecule has 0 bridgehead atoms. The van der Waals surface area contributed by atoms with Gasteiger partial charge in [0, 0.05) is 29.9 Å². The maximum absolute atomic E-state index is 6.11. The summed E-state index contributed by atoms with van der Waals surface area (Å²) in [7, 11) is 0. The van der Waals surface area contributed by atoms with Gasteiger partial charge in [-0.1, -0.05) is 31.5 Å². The van der Waals surface area contributed by atoms with E-state index in [1.54, 1.807) is 23.7 Å². The van der Waals surface area contributed by atoms with Crippen LogP contribution in [0, 0.1) is 5.92 Å². The predicted molar refractivity (Wildman–Crippen MR) is 78.0 cm³/mol. The molecular formula is C14H17ClN2S. The number of hydrogen-bond donors (Lipinski definition) is 1. The Bertz CT molecular complexity index is 482. The number of thiophene rings is 1. The third-order valence-corrected chi connectivity index (χ3v) is 4.18. The first-order valence-electron chi connectivity index (χ1n) is 6.03. The normalized spacial score (nSPS) is 12.9. The average Bonchev–Trinajstić information content (AvgIpc) is 2.85. The molecule has 2 rings (SSSR count). The molecule has 0 aromatic carbocycles. The van der Waals surface area contributed by atoms with Crippen molar-refractivity contribution < 1.29 is 0 Å². The first-order chi connectivity index (χ1) is 8.68. The summed E-state index contributed by atoms with van der Waals surface area (Å²) in [5, 5.41) is 6.41. The van der Waals surface area contributed by atoms with Gasteiger partial charge >= 0.3 is 0 Å². The van der Waals surface area contributed by atoms with E-state index in [1.807, 2.05) is 6.07 Å². The van der Waals surface area contributed by atoms with E-state index in [2.05, 4.69) is 41.7 Å². The Kier molecular flexibility index (Phi) is 4.75. The molecule has 0 saturated carbocycles. The monoisotopic (exact) mass is 280 g/mol. The van der Waals surface area contributed by atoms with Crippen LogP contribution in [-0.2, 0) is 6.54 Å². The Hall–Kier alpha value is -0.900. The summed E-state index contributed by atoms with van der Waals surface area (Å²) >= 11 is 7.90. The van der Waals surface area contributed by atoms with E-state index in [4.69, 9.17) is 11.6 Å². The highest BCUT2D eigenvalue weighted by Gasteiger charge is 2.16. The third-order valence-electron chi connectivity index (χ3n) is 2.89. The van der Waals surface area contributed by atoms with Crippen LogP contribution in [0.25, 0.3) is 0 Å². The topological polar surface area (TPSA) is 24.9 Å². The molecular weight excluding hydrogens is 264 g/mol. The molecule has 0 saturated heterocycles. The third kappa shape index (κ3) is 3.31. The molecule has 1 N–H and O–H groups in total. The van der Waals surface area contributed by atoms with Crippen molar-refractivity contribution in [2.24, 2.45) is 5.92 Å². The summed E-state index contributed by atoms with van der Waals surface area (Å²) < 4.78 is 0. The summed E-state index contributed by atoms with van der Waals surface area (Å²) in [4.78, 5) is 5.37. The van der Waals surface area contributed by atoms with E-state index in [-0.39, 0.29) is 0 Å². The molecule has 0 spiro atoms. The van der Waals surface area contributed by atoms with E-state index in [0.717, 1.165) is 17.1 Å². The summed E-state index contributed by atoms with van der Waals surface area (Å²) in [5.41, 5.74) is 1.09. The van der Waals surface area contributed by atoms with Crippen LogP contribution in [0.3, 0.4) is 0 Å². The molecule has 2 heterocycles. The second kappa shape index (κ2) is 6.32. The van der Waals surface area contributed by atoms with Gasteiger partial charge in [0.25, 0.3) is 0 Å². The molecule has 0 amide bonds. The lowest BCUT2D eigenvalue weighted by atomic mass is 10.0. The van der Waals surface area contributed by atoms with Gasteiger partial charge in [0.15, 0.2) is 0 Å². The predicted octanol–water partition coefficient (Wildman–Crippen LogP) is 4.28. The van der Waals surface area contributed by atoms with Crippen molar-refractivity contribution >= 4 is 22.9 Å². The minimum atomic E-state index is 0.370. The first kappa shape index (κ1) is 13.5. The number of pyridine rings is 1. The van der Waals surface area contributed by atoms with Crippen LogP contribution >= 0.6 is 22.9 Å². The van der Waals surface area contributed by atoms with Crippen LogP contribution in [-0.4, -0.2) is 4.98 Å². The van der Waals surface area contributed by atoms with Crippen molar-refractivity contribution in [1.29, 1.82) is 0 Å². The largest absolute Gasteiger partial charge is 0.305 e. The maximum Gasteiger partial charge on any atom is 0.0634 e. The van der Waals surface area contributed by atoms with E-state index >= 15 is 0 Å². The van der Waals surface area contributed by atoms with Crippen molar-refractivity contribution in [1.82, 2.24) is 10.3 Å². The zero-order chi connectivity index (χ0) is 13.0. The van der Waals surface area contributed by atoms with E-state index in [1.165, 1.54) is 4.88 Å². The van der Waals surface area contributed by atoms with Crippen molar-refractivity contribution in [3.8, 4) is 0 Å². The second-order valence-electron chi connectivity index (χ2n) is 4.59. The lowest BCUT2D eigenvalue weighted by molar-refractivity contribution is 0.416. The lowest BCUT2D eigenvalue weighted by Crippen LogP contribution is -2.24. The quantitative estimate of drug-likeness (QED) is 0.884. The SMILES string of the molecule is CC(C)C(NCc1ccncc1Cl)c1cccs1. The maximum atomic E-state index is 6.11. The van der Waals surface area contributed by atoms with Crippen molar-refractivity contribution in [2.45, 2.75) is 26.4 Å². The Morgan fingerprint density at radius 2 is 2.22 bits per heavy atom. The smallest absolute Gasteiger partial charge is 0.0634 e. The van der Waals surface area contributed by atoms with Gasteiger partial charge in [-0.3, -0.25) is 4.98 Å². The van der Waals surface area contributed by atoms with Crippen molar-refractivity contribution in [3.63, 3.8) is 0 Å². The van der Waals surface area contributed by atoms with Gasteiger partial charge in [-0.25, -0.2) is 0 Å². The molecule has 2 aromatic rings. The van der Waals surface area contributed by atoms with Gasteiger partial charge in [0.2, 0.25) is 0 Å². The average molecular weight is 281 g/mol. The summed E-state index contributed by atoms with van der Waals surface area (Å²) in [6.45, 7) is 5.22. The molecule has 1 unspecified atom stereocenters. The van der Waals surface area contributed by atoms with E-state index in [9.17, 15) is 0 Å². The number of hydrogen-bond acceptors (Lipinski definition) is 3. The second-order valence-corrected chi connectivity index (χ2v) is 5.97. The molecule has 18 heavy (non-hydrogen) atoms. The molecule has 4 heteroatoms. The van der Waals surface area contributed by atoms with Crippen molar-refractivity contribution in [3.05, 3.63) is 51.4 Å². The minimum absolute atomic E-state index is 0.370. The number of nitrogens with one attached hydrogen (secondary N) is 1. The summed E-state index contributed by atoms with van der Waals surface area (Å²) in [5.74, 6) is 0.546. The van der Waals surface area contributed by atoms with E-state index < -0.39 is 0 Å². The standard InChI is InChI=1S/C14H17ClN2S/c1-10(2)14(13-4-3-7-18-13)17-8-11-5-6-16-9-12(11)15/h3-7,9-10,14,17H,8H2,1-2H3. The number of halogens is 1. The fraction of sp³-hybridized carbons (Fsp3) is 0.357. The van der Waals surface area contributed by atoms with Crippen LogP contribution in [0.4, 0.5) is 0 Å². The number of rotatable bonds is 5. The summed E-state index contributed by atoms with van der Waals surface area (Å²) in [6, 6.07) is 6.60. The Balaban J connectivity index is 2.05. The van der Waals surface area contributed by atoms with Crippen LogP contribution in [0.15, 0.2) is 36.0 Å². The molecule has 0 aliphatic heterocycles. The van der Waals surface area contributed by atoms with Gasteiger partial charge in [-0.05, 0) is 29.0 Å². The highest BCUT2D eigenvalue weighted by molar-refractivity contribution is 7.10. The van der Waals surface area contributed by atoms with Gasteiger partial charge < -0.3 is 5.32 Å². The molecule has 2 nitrogen and oxygen atoms in total. The fourth-order valence-electron chi connectivity index (χ4n) is 1.90. The van der Waals surface area contributed by atoms with E-state index in [0.29, 0.717) is 12.0 Å². The van der Waals surface area contributed by atoms with Crippen LogP contribution < -0.4 is 5.32 Å². The van der Waals surface area contributed by atoms with Gasteiger partial charge in [0.1, 0.15) is 0 Å². The highest BCUT2D eigenvalue weighted by atomic mass is 35.5. The van der Waals surface area contributed by atoms with Gasteiger partial charge in [-0.2, -0.15) is 0 Å². The Labute approximate surface area is 117 Å². The first-order valence-corrected chi connectivity index (χ1v) is 7.29. The number of aromatic nitrogens is 1. The molecule has 0 aliphatic rings. The number of nitrogens with zero attached hydrogens (tertiary/aromatic N) is 1. The van der Waals surface area contributed by atoms with Gasteiger partial charge in [0.05, 0.1) is 5.02 Å². The molecule has 0 radical (unpaired) electrons. The lowest BCUT2D eigenvalue weighted by Gasteiger charge is -2.21. The summed E-state index contributed by atoms with van der Waals surface area (Å²) in [6.07, 6.45) is 3.46. The zero-order valence-corrected chi connectivity index (χ0v) is 12.1. The van der Waals surface area contributed by atoms with Crippen LogP contribution in [0.2, 0.25) is 5.02 Å². The van der Waals surface area contributed by atoms with Crippen LogP contribution in [0.5, 0.6) is 0 Å². The highest BCUT2D eigenvalue weighted by Crippen LogP contribution is 2.26. The fourth-order valence-corrected chi connectivity index (χ4v) is 3.06. The molecule has 1 atom stereocenters. The van der Waals surface area contributed by atoms with Crippen LogP contribution in [0.1, 0.15) is 30.3 Å². The van der Waals surface area contributed by atoms with Crippen molar-refractivity contribution in [2.75, 3.05) is 0 Å². The molecule has 0 fully saturated rings. The zero-order valence-electron chi connectivity index (χ0n) is 10.6. The Morgan fingerprint density at radius 1 is 1.39 bits per heavy atom. The minimum Gasteiger partial charge on any atom is -0.305 e. The van der Waals surface area contributed by atoms with Gasteiger partial charge in [-0.15, -0.1) is 11.3 Å². The molecule has 2 aromatic heterocycles. The Morgan fingerprint density at radius 3 is 2.83 bits per heavy atom. The molecule has 96 valence electrons.